The zero-order chi connectivity index (χ0) is 13.8. The quantitative estimate of drug-likeness (QED) is 0.654. The number of alkyl halides is 4. The third kappa shape index (κ3) is 4.89. The molecular formula is C14H18ClF3. The van der Waals surface area contributed by atoms with E-state index in [0.717, 1.165) is 12.5 Å². The van der Waals surface area contributed by atoms with E-state index in [9.17, 15) is 13.2 Å². The fourth-order valence-electron chi connectivity index (χ4n) is 2.08. The Labute approximate surface area is 111 Å². The Morgan fingerprint density at radius 1 is 1.22 bits per heavy atom. The van der Waals surface area contributed by atoms with Crippen molar-refractivity contribution in [3.05, 3.63) is 35.4 Å². The van der Waals surface area contributed by atoms with Crippen LogP contribution in [0.3, 0.4) is 0 Å². The average Bonchev–Trinajstić information content (AvgIpc) is 2.26. The fraction of sp³-hybridized carbons (Fsp3) is 0.571. The smallest absolute Gasteiger partial charge is 0.166 e. The van der Waals surface area contributed by atoms with E-state index < -0.39 is 11.7 Å². The van der Waals surface area contributed by atoms with Crippen molar-refractivity contribution in [3.8, 4) is 0 Å². The van der Waals surface area contributed by atoms with Gasteiger partial charge in [-0.2, -0.15) is 13.2 Å². The second kappa shape index (κ2) is 6.46. The Kier molecular flexibility index (Phi) is 5.51. The van der Waals surface area contributed by atoms with Gasteiger partial charge in [0.2, 0.25) is 0 Å². The molecule has 102 valence electrons. The molecule has 0 aliphatic heterocycles. The molecule has 1 aromatic rings. The maximum absolute atomic E-state index is 12.6. The molecule has 0 spiro atoms. The van der Waals surface area contributed by atoms with Gasteiger partial charge < -0.3 is 0 Å². The van der Waals surface area contributed by atoms with E-state index in [2.05, 4.69) is 13.8 Å². The molecule has 0 aromatic heterocycles. The van der Waals surface area contributed by atoms with Gasteiger partial charge >= 0.3 is 6.18 Å². The molecule has 0 aliphatic rings. The summed E-state index contributed by atoms with van der Waals surface area (Å²) in [6.07, 6.45) is -2.74. The van der Waals surface area contributed by atoms with Crippen LogP contribution < -0.4 is 0 Å². The first-order valence-electron chi connectivity index (χ1n) is 6.05. The van der Waals surface area contributed by atoms with E-state index in [0.29, 0.717) is 23.8 Å². The molecule has 1 unspecified atom stereocenters. The van der Waals surface area contributed by atoms with Crippen molar-refractivity contribution in [2.75, 3.05) is 5.88 Å². The molecule has 0 fully saturated rings. The minimum Gasteiger partial charge on any atom is -0.166 e. The molecule has 0 nitrogen and oxygen atoms in total. The van der Waals surface area contributed by atoms with E-state index in [4.69, 9.17) is 11.6 Å². The highest BCUT2D eigenvalue weighted by molar-refractivity contribution is 6.18. The molecule has 1 atom stereocenters. The molecule has 1 rings (SSSR count). The summed E-state index contributed by atoms with van der Waals surface area (Å²) in [4.78, 5) is 0. The number of rotatable bonds is 5. The van der Waals surface area contributed by atoms with Crippen molar-refractivity contribution in [3.63, 3.8) is 0 Å². The molecule has 0 saturated heterocycles. The van der Waals surface area contributed by atoms with Gasteiger partial charge in [0.25, 0.3) is 0 Å². The Bertz CT molecular complexity index is 372. The van der Waals surface area contributed by atoms with E-state index in [1.165, 1.54) is 12.1 Å². The van der Waals surface area contributed by atoms with Crippen molar-refractivity contribution in [1.82, 2.24) is 0 Å². The molecule has 1 aromatic carbocycles. The number of hydrogen-bond donors (Lipinski definition) is 0. The predicted molar refractivity (Wildman–Crippen MR) is 68.8 cm³/mol. The van der Waals surface area contributed by atoms with Crippen LogP contribution >= 0.6 is 11.6 Å². The normalized spacial score (nSPS) is 13.9. The zero-order valence-electron chi connectivity index (χ0n) is 10.6. The Hall–Kier alpha value is -0.700. The summed E-state index contributed by atoms with van der Waals surface area (Å²) in [6, 6.07) is 5.51. The van der Waals surface area contributed by atoms with Gasteiger partial charge in [0.05, 0.1) is 5.56 Å². The lowest BCUT2D eigenvalue weighted by atomic mass is 9.92. The third-order valence-corrected chi connectivity index (χ3v) is 3.24. The van der Waals surface area contributed by atoms with Gasteiger partial charge in [0, 0.05) is 5.88 Å². The molecule has 0 aliphatic carbocycles. The lowest BCUT2D eigenvalue weighted by molar-refractivity contribution is -0.137. The van der Waals surface area contributed by atoms with Gasteiger partial charge in [-0.1, -0.05) is 32.0 Å². The van der Waals surface area contributed by atoms with Crippen LogP contribution in [0.5, 0.6) is 0 Å². The standard InChI is InChI=1S/C14H18ClF3/c1-10(2)6-12(9-15)7-11-4-3-5-13(8-11)14(16,17)18/h3-5,8,10,12H,6-7,9H2,1-2H3. The highest BCUT2D eigenvalue weighted by Gasteiger charge is 2.30. The molecule has 0 radical (unpaired) electrons. The minimum absolute atomic E-state index is 0.232. The van der Waals surface area contributed by atoms with Gasteiger partial charge in [0.1, 0.15) is 0 Å². The van der Waals surface area contributed by atoms with E-state index >= 15 is 0 Å². The maximum Gasteiger partial charge on any atom is 0.416 e. The molecule has 0 saturated carbocycles. The van der Waals surface area contributed by atoms with Crippen molar-refractivity contribution in [1.29, 1.82) is 0 Å². The second-order valence-corrected chi connectivity index (χ2v) is 5.36. The largest absolute Gasteiger partial charge is 0.416 e. The zero-order valence-corrected chi connectivity index (χ0v) is 11.4. The first-order valence-corrected chi connectivity index (χ1v) is 6.58. The molecular weight excluding hydrogens is 261 g/mol. The van der Waals surface area contributed by atoms with Gasteiger partial charge in [-0.3, -0.25) is 0 Å². The molecule has 0 bridgehead atoms. The Morgan fingerprint density at radius 3 is 2.39 bits per heavy atom. The van der Waals surface area contributed by atoms with E-state index in [-0.39, 0.29) is 5.92 Å². The summed E-state index contributed by atoms with van der Waals surface area (Å²) in [7, 11) is 0. The lowest BCUT2D eigenvalue weighted by Crippen LogP contribution is -2.11. The topological polar surface area (TPSA) is 0 Å². The maximum atomic E-state index is 12.6. The first-order chi connectivity index (χ1) is 8.32. The van der Waals surface area contributed by atoms with Crippen LogP contribution in [0.2, 0.25) is 0 Å². The minimum atomic E-state index is -4.27. The van der Waals surface area contributed by atoms with Crippen molar-refractivity contribution in [2.24, 2.45) is 11.8 Å². The monoisotopic (exact) mass is 278 g/mol. The number of hydrogen-bond acceptors (Lipinski definition) is 0. The lowest BCUT2D eigenvalue weighted by Gasteiger charge is -2.17. The summed E-state index contributed by atoms with van der Waals surface area (Å²) in [5, 5.41) is 0. The van der Waals surface area contributed by atoms with Gasteiger partial charge in [0.15, 0.2) is 0 Å². The summed E-state index contributed by atoms with van der Waals surface area (Å²) < 4.78 is 37.7. The van der Waals surface area contributed by atoms with Crippen LogP contribution in [0.15, 0.2) is 24.3 Å². The third-order valence-electron chi connectivity index (χ3n) is 2.80. The Balaban J connectivity index is 2.78. The van der Waals surface area contributed by atoms with Crippen molar-refractivity contribution in [2.45, 2.75) is 32.9 Å². The number of benzene rings is 1. The van der Waals surface area contributed by atoms with Crippen LogP contribution in [0.1, 0.15) is 31.4 Å². The van der Waals surface area contributed by atoms with Crippen LogP contribution in [-0.4, -0.2) is 5.88 Å². The van der Waals surface area contributed by atoms with Crippen LogP contribution in [-0.2, 0) is 12.6 Å². The Morgan fingerprint density at radius 2 is 1.89 bits per heavy atom. The van der Waals surface area contributed by atoms with Crippen LogP contribution in [0, 0.1) is 11.8 Å². The average molecular weight is 279 g/mol. The fourth-order valence-corrected chi connectivity index (χ4v) is 2.31. The van der Waals surface area contributed by atoms with Gasteiger partial charge in [-0.05, 0) is 36.3 Å². The number of halogens is 4. The highest BCUT2D eigenvalue weighted by Crippen LogP contribution is 2.30. The second-order valence-electron chi connectivity index (χ2n) is 5.05. The SMILES string of the molecule is CC(C)CC(CCl)Cc1cccc(C(F)(F)F)c1. The van der Waals surface area contributed by atoms with E-state index in [1.807, 2.05) is 0 Å². The molecule has 0 heterocycles. The van der Waals surface area contributed by atoms with Crippen LogP contribution in [0.25, 0.3) is 0 Å². The summed E-state index contributed by atoms with van der Waals surface area (Å²) in [6.45, 7) is 4.18. The van der Waals surface area contributed by atoms with Gasteiger partial charge in [-0.25, -0.2) is 0 Å². The summed E-state index contributed by atoms with van der Waals surface area (Å²) >= 11 is 5.87. The van der Waals surface area contributed by atoms with Crippen molar-refractivity contribution >= 4 is 11.6 Å². The van der Waals surface area contributed by atoms with Gasteiger partial charge in [-0.15, -0.1) is 11.6 Å². The molecule has 0 amide bonds. The predicted octanol–water partition coefficient (Wildman–Crippen LogP) is 5.15. The van der Waals surface area contributed by atoms with Crippen molar-refractivity contribution < 1.29 is 13.2 Å². The molecule has 0 N–H and O–H groups in total. The summed E-state index contributed by atoms with van der Waals surface area (Å²) in [5.74, 6) is 1.21. The molecule has 4 heteroatoms. The molecule has 18 heavy (non-hydrogen) atoms. The van der Waals surface area contributed by atoms with Crippen LogP contribution in [0.4, 0.5) is 13.2 Å². The van der Waals surface area contributed by atoms with E-state index in [1.54, 1.807) is 6.07 Å². The first kappa shape index (κ1) is 15.4. The summed E-state index contributed by atoms with van der Waals surface area (Å²) in [5.41, 5.74) is 0.119. The highest BCUT2D eigenvalue weighted by atomic mass is 35.5.